The van der Waals surface area contributed by atoms with E-state index in [0.717, 1.165) is 63.9 Å². The number of unbranched alkanes of at least 4 members (excludes halogenated alkanes) is 6. The summed E-state index contributed by atoms with van der Waals surface area (Å²) in [6.45, 7) is 6.65. The van der Waals surface area contributed by atoms with E-state index < -0.39 is 12.8 Å². The Balaban J connectivity index is 0.0000104. The summed E-state index contributed by atoms with van der Waals surface area (Å²) in [6.07, 6.45) is 13.8. The zero-order chi connectivity index (χ0) is 52.3. The van der Waals surface area contributed by atoms with Gasteiger partial charge < -0.3 is 38.2 Å². The largest absolute Gasteiger partial charge is 1.00 e. The van der Waals surface area contributed by atoms with Crippen LogP contribution in [0.2, 0.25) is 0 Å². The van der Waals surface area contributed by atoms with Gasteiger partial charge in [0.05, 0.1) is 11.7 Å². The Hall–Kier alpha value is -5.89. The Morgan fingerprint density at radius 2 is 0.653 bits per heavy atom. The quantitative estimate of drug-likeness (QED) is 0.0252. The molecule has 0 heterocycles. The number of aryl methyl sites for hydroxylation is 6. The number of amides is 4. The van der Waals surface area contributed by atoms with Crippen LogP contribution >= 0.6 is 7.26 Å². The van der Waals surface area contributed by atoms with Crippen LogP contribution in [0.1, 0.15) is 123 Å². The maximum Gasteiger partial charge on any atom is 0.220 e. The van der Waals surface area contributed by atoms with Crippen LogP contribution in [0, 0.1) is 20.8 Å². The topological polar surface area (TPSA) is 116 Å². The SMILES string of the molecule is Cc1ccc([P+](CCCCCCCCCC(=O)NC(CNC(=O)CCCc2ccccc2)(CNC(=O)CCCc2ccccc2)CNC(=O)CCCc2ccccc2)(c2ccc(C)cc2)c2ccc(C)cc2)cc1.[Br-]. The molecule has 0 aromatic heterocycles. The van der Waals surface area contributed by atoms with Gasteiger partial charge >= 0.3 is 0 Å². The molecule has 0 radical (unpaired) electrons. The van der Waals surface area contributed by atoms with E-state index in [4.69, 9.17) is 0 Å². The summed E-state index contributed by atoms with van der Waals surface area (Å²) in [5.41, 5.74) is 6.17. The normalized spacial score (nSPS) is 11.3. The van der Waals surface area contributed by atoms with Crippen molar-refractivity contribution >= 4 is 46.8 Å². The standard InChI is InChI=1S/C65H81N4O4P.BrH/c1-52-36-42-58(43-37-52)74(59-44-38-53(2)39-45-59,60-46-40-54(3)41-47-60)48-19-8-6-4-5-7-18-32-64(73)69-65(49-66-61(70)33-20-29-55-23-12-9-13-24-55,50-67-62(71)34-21-30-56-25-14-10-15-26-56)51-68-63(72)35-22-31-57-27-16-11-17-28-57;/h9-17,23-28,36-47H,4-8,18-22,29-35,48-51H2,1-3H3,(H3-,66,67,68,69,70,71,72,73);1H. The van der Waals surface area contributed by atoms with E-state index in [1.54, 1.807) is 0 Å². The molecule has 0 saturated carbocycles. The molecule has 4 N–H and O–H groups in total. The van der Waals surface area contributed by atoms with Crippen LogP contribution in [0.25, 0.3) is 0 Å². The molecule has 4 amide bonds. The summed E-state index contributed by atoms with van der Waals surface area (Å²) < 4.78 is 0. The summed E-state index contributed by atoms with van der Waals surface area (Å²) in [5.74, 6) is -0.591. The van der Waals surface area contributed by atoms with Crippen LogP contribution in [0.3, 0.4) is 0 Å². The fourth-order valence-electron chi connectivity index (χ4n) is 9.79. The Bertz CT molecular complexity index is 2340. The second-order valence-corrected chi connectivity index (χ2v) is 24.1. The molecular weight excluding hydrogens is 1010 g/mol. The Morgan fingerprint density at radius 1 is 0.360 bits per heavy atom. The van der Waals surface area contributed by atoms with Gasteiger partial charge in [-0.05, 0) is 132 Å². The first-order valence-electron chi connectivity index (χ1n) is 27.3. The van der Waals surface area contributed by atoms with Gasteiger partial charge in [0, 0.05) is 45.3 Å². The molecule has 0 fully saturated rings. The highest BCUT2D eigenvalue weighted by Crippen LogP contribution is 2.56. The number of hydrogen-bond acceptors (Lipinski definition) is 4. The number of nitrogens with one attached hydrogen (secondary N) is 4. The fraction of sp³-hybridized carbons (Fsp3) is 0.385. The lowest BCUT2D eigenvalue weighted by molar-refractivity contribution is -0.126. The summed E-state index contributed by atoms with van der Waals surface area (Å²) in [7, 11) is -1.90. The molecule has 0 spiro atoms. The average molecular weight is 1090 g/mol. The molecule has 6 rings (SSSR count). The second-order valence-electron chi connectivity index (χ2n) is 20.4. The van der Waals surface area contributed by atoms with Crippen molar-refractivity contribution < 1.29 is 36.2 Å². The van der Waals surface area contributed by atoms with Crippen LogP contribution < -0.4 is 54.2 Å². The number of benzene rings is 6. The molecule has 6 aromatic carbocycles. The molecule has 8 nitrogen and oxygen atoms in total. The molecule has 398 valence electrons. The van der Waals surface area contributed by atoms with Crippen LogP contribution in [0.15, 0.2) is 164 Å². The van der Waals surface area contributed by atoms with E-state index in [-0.39, 0.29) is 60.2 Å². The van der Waals surface area contributed by atoms with Gasteiger partial charge in [-0.3, -0.25) is 19.2 Å². The van der Waals surface area contributed by atoms with Gasteiger partial charge in [-0.2, -0.15) is 0 Å². The predicted octanol–water partition coefficient (Wildman–Crippen LogP) is 8.30. The summed E-state index contributed by atoms with van der Waals surface area (Å²) in [4.78, 5) is 54.2. The van der Waals surface area contributed by atoms with Crippen LogP contribution in [-0.4, -0.2) is 55.0 Å². The minimum Gasteiger partial charge on any atom is -1.00 e. The van der Waals surface area contributed by atoms with Crippen molar-refractivity contribution in [1.82, 2.24) is 21.3 Å². The molecule has 6 aromatic rings. The number of carbonyl (C=O) groups excluding carboxylic acids is 4. The molecule has 0 aliphatic heterocycles. The van der Waals surface area contributed by atoms with E-state index in [1.807, 2.05) is 54.6 Å². The fourth-order valence-corrected chi connectivity index (χ4v) is 14.1. The molecule has 0 bridgehead atoms. The monoisotopic (exact) mass is 1090 g/mol. The number of halogens is 1. The van der Waals surface area contributed by atoms with E-state index >= 15 is 0 Å². The minimum absolute atomic E-state index is 0. The molecule has 0 aliphatic rings. The van der Waals surface area contributed by atoms with Gasteiger partial charge in [-0.1, -0.05) is 170 Å². The van der Waals surface area contributed by atoms with Crippen molar-refractivity contribution in [1.29, 1.82) is 0 Å². The van der Waals surface area contributed by atoms with E-state index in [9.17, 15) is 19.2 Å². The van der Waals surface area contributed by atoms with Crippen LogP contribution in [-0.2, 0) is 38.4 Å². The van der Waals surface area contributed by atoms with Gasteiger partial charge in [-0.15, -0.1) is 0 Å². The highest BCUT2D eigenvalue weighted by Gasteiger charge is 2.44. The van der Waals surface area contributed by atoms with Crippen LogP contribution in [0.5, 0.6) is 0 Å². The number of hydrogen-bond donors (Lipinski definition) is 4. The molecule has 0 unspecified atom stereocenters. The molecule has 10 heteroatoms. The van der Waals surface area contributed by atoms with Crippen molar-refractivity contribution in [2.75, 3.05) is 25.8 Å². The van der Waals surface area contributed by atoms with Gasteiger partial charge in [-0.25, -0.2) is 0 Å². The second kappa shape index (κ2) is 32.5. The van der Waals surface area contributed by atoms with Crippen molar-refractivity contribution in [3.63, 3.8) is 0 Å². The first-order chi connectivity index (χ1) is 36.0. The van der Waals surface area contributed by atoms with Gasteiger partial charge in [0.15, 0.2) is 0 Å². The molecular formula is C65H82BrN4O4P. The minimum atomic E-state index is -1.90. The summed E-state index contributed by atoms with van der Waals surface area (Å²) in [6, 6.07) is 58.0. The van der Waals surface area contributed by atoms with Crippen molar-refractivity contribution in [2.45, 2.75) is 135 Å². The van der Waals surface area contributed by atoms with E-state index in [0.29, 0.717) is 51.4 Å². The third-order valence-corrected chi connectivity index (χ3v) is 18.8. The number of rotatable bonds is 32. The average Bonchev–Trinajstić information content (AvgIpc) is 3.42. The molecule has 0 atom stereocenters. The van der Waals surface area contributed by atoms with Gasteiger partial charge in [0.2, 0.25) is 23.6 Å². The van der Waals surface area contributed by atoms with Gasteiger partial charge in [0.25, 0.3) is 0 Å². The smallest absolute Gasteiger partial charge is 0.220 e. The Labute approximate surface area is 460 Å². The maximum absolute atomic E-state index is 14.0. The van der Waals surface area contributed by atoms with Gasteiger partial charge in [0.1, 0.15) is 23.2 Å². The lowest BCUT2D eigenvalue weighted by Crippen LogP contribution is -3.00. The number of carbonyl (C=O) groups is 4. The first-order valence-corrected chi connectivity index (χ1v) is 29.3. The molecule has 0 saturated heterocycles. The predicted molar refractivity (Wildman–Crippen MR) is 309 cm³/mol. The zero-order valence-corrected chi connectivity index (χ0v) is 47.4. The first kappa shape index (κ1) is 60.0. The lowest BCUT2D eigenvalue weighted by Gasteiger charge is -2.35. The highest BCUT2D eigenvalue weighted by molar-refractivity contribution is 7.95. The van der Waals surface area contributed by atoms with Crippen LogP contribution in [0.4, 0.5) is 0 Å². The maximum atomic E-state index is 14.0. The third kappa shape index (κ3) is 20.6. The molecule has 75 heavy (non-hydrogen) atoms. The summed E-state index contributed by atoms with van der Waals surface area (Å²) in [5, 5.41) is 16.8. The van der Waals surface area contributed by atoms with E-state index in [2.05, 4.69) is 151 Å². The van der Waals surface area contributed by atoms with E-state index in [1.165, 1.54) is 49.3 Å². The molecule has 0 aliphatic carbocycles. The summed E-state index contributed by atoms with van der Waals surface area (Å²) >= 11 is 0. The van der Waals surface area contributed by atoms with Crippen molar-refractivity contribution in [2.24, 2.45) is 0 Å². The Kier molecular flexibility index (Phi) is 26.0. The Morgan fingerprint density at radius 3 is 0.987 bits per heavy atom. The lowest BCUT2D eigenvalue weighted by atomic mass is 9.97. The third-order valence-electron chi connectivity index (χ3n) is 14.2. The zero-order valence-electron chi connectivity index (χ0n) is 44.9. The highest BCUT2D eigenvalue weighted by atomic mass is 79.9. The van der Waals surface area contributed by atoms with Crippen molar-refractivity contribution in [3.05, 3.63) is 197 Å². The van der Waals surface area contributed by atoms with Crippen molar-refractivity contribution in [3.8, 4) is 0 Å².